The molecule has 1 heterocycles. The van der Waals surface area contributed by atoms with Gasteiger partial charge in [-0.1, -0.05) is 6.92 Å². The van der Waals surface area contributed by atoms with Crippen molar-refractivity contribution in [3.05, 3.63) is 0 Å². The molecular formula is C10H23N3O3S. The van der Waals surface area contributed by atoms with E-state index in [2.05, 4.69) is 10.0 Å². The van der Waals surface area contributed by atoms with Crippen LogP contribution in [0.25, 0.3) is 0 Å². The van der Waals surface area contributed by atoms with Crippen LogP contribution in [0.5, 0.6) is 0 Å². The van der Waals surface area contributed by atoms with Crippen molar-refractivity contribution in [3.63, 3.8) is 0 Å². The number of aliphatic hydroxyl groups is 1. The van der Waals surface area contributed by atoms with Crippen molar-refractivity contribution in [1.82, 2.24) is 14.3 Å². The largest absolute Gasteiger partial charge is 0.396 e. The molecule has 1 unspecified atom stereocenters. The van der Waals surface area contributed by atoms with Crippen LogP contribution in [-0.2, 0) is 10.2 Å². The molecular weight excluding hydrogens is 242 g/mol. The van der Waals surface area contributed by atoms with Gasteiger partial charge in [0.15, 0.2) is 0 Å². The number of nitrogens with one attached hydrogen (secondary N) is 2. The molecule has 17 heavy (non-hydrogen) atoms. The van der Waals surface area contributed by atoms with Gasteiger partial charge in [-0.15, -0.1) is 0 Å². The first-order chi connectivity index (χ1) is 7.93. The highest BCUT2D eigenvalue weighted by molar-refractivity contribution is 7.87. The van der Waals surface area contributed by atoms with E-state index in [1.165, 1.54) is 4.31 Å². The second-order valence-corrected chi connectivity index (χ2v) is 6.31. The van der Waals surface area contributed by atoms with Crippen LogP contribution < -0.4 is 10.0 Å². The molecule has 0 aromatic heterocycles. The summed E-state index contributed by atoms with van der Waals surface area (Å²) in [6.45, 7) is 6.07. The zero-order valence-electron chi connectivity index (χ0n) is 10.6. The molecule has 3 N–H and O–H groups in total. The van der Waals surface area contributed by atoms with E-state index in [1.54, 1.807) is 0 Å². The summed E-state index contributed by atoms with van der Waals surface area (Å²) in [7, 11) is -3.44. The predicted octanol–water partition coefficient (Wildman–Crippen LogP) is -0.723. The lowest BCUT2D eigenvalue weighted by atomic mass is 9.97. The normalized spacial score (nSPS) is 22.3. The van der Waals surface area contributed by atoms with Crippen LogP contribution in [0.2, 0.25) is 0 Å². The molecule has 0 aromatic carbocycles. The van der Waals surface area contributed by atoms with Gasteiger partial charge in [0.2, 0.25) is 0 Å². The summed E-state index contributed by atoms with van der Waals surface area (Å²) in [6, 6.07) is 0. The average molecular weight is 265 g/mol. The fourth-order valence-electron chi connectivity index (χ4n) is 1.81. The third kappa shape index (κ3) is 4.18. The zero-order chi connectivity index (χ0) is 12.9. The molecule has 0 aliphatic carbocycles. The van der Waals surface area contributed by atoms with Gasteiger partial charge < -0.3 is 10.4 Å². The molecule has 1 aliphatic rings. The van der Waals surface area contributed by atoms with Crippen molar-refractivity contribution >= 4 is 10.2 Å². The van der Waals surface area contributed by atoms with E-state index < -0.39 is 15.7 Å². The van der Waals surface area contributed by atoms with Crippen molar-refractivity contribution in [2.45, 2.75) is 32.2 Å². The minimum Gasteiger partial charge on any atom is -0.396 e. The molecule has 1 fully saturated rings. The summed E-state index contributed by atoms with van der Waals surface area (Å²) in [5.41, 5.74) is -0.571. The predicted molar refractivity (Wildman–Crippen MR) is 66.9 cm³/mol. The Balaban J connectivity index is 2.69. The fraction of sp³-hybridized carbons (Fsp3) is 1.00. The van der Waals surface area contributed by atoms with Gasteiger partial charge >= 0.3 is 0 Å². The van der Waals surface area contributed by atoms with Crippen LogP contribution in [0, 0.1) is 0 Å². The molecule has 0 aromatic rings. The molecule has 0 spiro atoms. The van der Waals surface area contributed by atoms with Gasteiger partial charge in [-0.3, -0.25) is 0 Å². The first-order valence-corrected chi connectivity index (χ1v) is 7.48. The second-order valence-electron chi connectivity index (χ2n) is 4.64. The molecule has 1 rings (SSSR count). The number of hydrogen-bond acceptors (Lipinski definition) is 4. The first-order valence-electron chi connectivity index (χ1n) is 6.04. The molecule has 1 aliphatic heterocycles. The number of piperazine rings is 1. The average Bonchev–Trinajstić information content (AvgIpc) is 2.30. The second kappa shape index (κ2) is 6.10. The molecule has 102 valence electrons. The lowest BCUT2D eigenvalue weighted by Gasteiger charge is -2.33. The topological polar surface area (TPSA) is 81.7 Å². The summed E-state index contributed by atoms with van der Waals surface area (Å²) in [5.74, 6) is 0. The monoisotopic (exact) mass is 265 g/mol. The van der Waals surface area contributed by atoms with Crippen molar-refractivity contribution in [2.75, 3.05) is 32.8 Å². The molecule has 0 saturated carbocycles. The Morgan fingerprint density at radius 3 is 2.47 bits per heavy atom. The Hall–Kier alpha value is -0.210. The minimum atomic E-state index is -3.44. The zero-order valence-corrected chi connectivity index (χ0v) is 11.4. The SMILES string of the molecule is CCC(C)(CCO)NS(=O)(=O)N1CCNCC1. The van der Waals surface area contributed by atoms with E-state index in [0.29, 0.717) is 39.0 Å². The van der Waals surface area contributed by atoms with Gasteiger partial charge in [0, 0.05) is 38.3 Å². The summed E-state index contributed by atoms with van der Waals surface area (Å²) in [6.07, 6.45) is 1.08. The van der Waals surface area contributed by atoms with Gasteiger partial charge in [0.25, 0.3) is 10.2 Å². The first kappa shape index (κ1) is 14.8. The highest BCUT2D eigenvalue weighted by Crippen LogP contribution is 2.16. The van der Waals surface area contributed by atoms with Crippen molar-refractivity contribution in [1.29, 1.82) is 0 Å². The Kier molecular flexibility index (Phi) is 5.33. The van der Waals surface area contributed by atoms with Crippen LogP contribution in [0.3, 0.4) is 0 Å². The third-order valence-corrected chi connectivity index (χ3v) is 5.03. The maximum absolute atomic E-state index is 12.1. The molecule has 1 saturated heterocycles. The van der Waals surface area contributed by atoms with E-state index in [4.69, 9.17) is 5.11 Å². The third-order valence-electron chi connectivity index (χ3n) is 3.24. The summed E-state index contributed by atoms with van der Waals surface area (Å²) in [5, 5.41) is 12.1. The highest BCUT2D eigenvalue weighted by atomic mass is 32.2. The van der Waals surface area contributed by atoms with Crippen molar-refractivity contribution < 1.29 is 13.5 Å². The van der Waals surface area contributed by atoms with Crippen LogP contribution in [0.1, 0.15) is 26.7 Å². The van der Waals surface area contributed by atoms with Gasteiger partial charge in [0.1, 0.15) is 0 Å². The Morgan fingerprint density at radius 1 is 1.41 bits per heavy atom. The molecule has 6 nitrogen and oxygen atoms in total. The molecule has 0 radical (unpaired) electrons. The minimum absolute atomic E-state index is 0.0194. The Bertz CT molecular complexity index is 328. The smallest absolute Gasteiger partial charge is 0.280 e. The maximum atomic E-state index is 12.1. The summed E-state index contributed by atoms with van der Waals surface area (Å²) in [4.78, 5) is 0. The van der Waals surface area contributed by atoms with Gasteiger partial charge in [0.05, 0.1) is 0 Å². The number of aliphatic hydroxyl groups excluding tert-OH is 1. The highest BCUT2D eigenvalue weighted by Gasteiger charge is 2.32. The lowest BCUT2D eigenvalue weighted by Crippen LogP contribution is -2.56. The van der Waals surface area contributed by atoms with Crippen LogP contribution >= 0.6 is 0 Å². The van der Waals surface area contributed by atoms with Crippen molar-refractivity contribution in [3.8, 4) is 0 Å². The molecule has 0 bridgehead atoms. The number of rotatable bonds is 6. The quantitative estimate of drug-likeness (QED) is 0.592. The maximum Gasteiger partial charge on any atom is 0.280 e. The Labute approximate surface area is 104 Å². The standard InChI is InChI=1S/C10H23N3O3S/c1-3-10(2,4-9-14)12-17(15,16)13-7-5-11-6-8-13/h11-12,14H,3-9H2,1-2H3. The summed E-state index contributed by atoms with van der Waals surface area (Å²) < 4.78 is 28.4. The molecule has 0 amide bonds. The summed E-state index contributed by atoms with van der Waals surface area (Å²) >= 11 is 0. The van der Waals surface area contributed by atoms with Gasteiger partial charge in [-0.05, 0) is 19.8 Å². The van der Waals surface area contributed by atoms with E-state index in [-0.39, 0.29) is 6.61 Å². The van der Waals surface area contributed by atoms with Crippen LogP contribution in [-0.4, -0.2) is 56.2 Å². The molecule has 1 atom stereocenters. The molecule has 7 heteroatoms. The number of nitrogens with zero attached hydrogens (tertiary/aromatic N) is 1. The lowest BCUT2D eigenvalue weighted by molar-refractivity contribution is 0.229. The van der Waals surface area contributed by atoms with Crippen molar-refractivity contribution in [2.24, 2.45) is 0 Å². The Morgan fingerprint density at radius 2 is 2.00 bits per heavy atom. The van der Waals surface area contributed by atoms with E-state index in [0.717, 1.165) is 0 Å². The fourth-order valence-corrected chi connectivity index (χ4v) is 3.47. The van der Waals surface area contributed by atoms with Gasteiger partial charge in [-0.2, -0.15) is 17.4 Å². The van der Waals surface area contributed by atoms with E-state index >= 15 is 0 Å². The van der Waals surface area contributed by atoms with E-state index in [9.17, 15) is 8.42 Å². The number of hydrogen-bond donors (Lipinski definition) is 3. The van der Waals surface area contributed by atoms with Crippen LogP contribution in [0.15, 0.2) is 0 Å². The van der Waals surface area contributed by atoms with Crippen LogP contribution in [0.4, 0.5) is 0 Å². The van der Waals surface area contributed by atoms with Gasteiger partial charge in [-0.25, -0.2) is 0 Å². The van der Waals surface area contributed by atoms with E-state index in [1.807, 2.05) is 13.8 Å².